The van der Waals surface area contributed by atoms with Crippen LogP contribution in [0.4, 0.5) is 0 Å². The summed E-state index contributed by atoms with van der Waals surface area (Å²) in [5.74, 6) is -1.98. The van der Waals surface area contributed by atoms with Gasteiger partial charge in [0.15, 0.2) is 0 Å². The third-order valence-electron chi connectivity index (χ3n) is 6.48. The molecule has 0 spiro atoms. The van der Waals surface area contributed by atoms with Gasteiger partial charge >= 0.3 is 0 Å². The maximum Gasteiger partial charge on any atom is 0.262 e. The second kappa shape index (κ2) is 6.45. The molecule has 2 saturated heterocycles. The number of carbonyl (C=O) groups is 4. The van der Waals surface area contributed by atoms with Crippen molar-refractivity contribution in [3.05, 3.63) is 34.9 Å². The summed E-state index contributed by atoms with van der Waals surface area (Å²) in [5, 5.41) is 5.71. The molecule has 1 unspecified atom stereocenters. The lowest BCUT2D eigenvalue weighted by Gasteiger charge is -2.30. The topological polar surface area (TPSA) is 131 Å². The number of imide groups is 2. The minimum absolute atomic E-state index is 0.00367. The van der Waals surface area contributed by atoms with Crippen molar-refractivity contribution in [1.82, 2.24) is 15.5 Å². The van der Waals surface area contributed by atoms with Gasteiger partial charge in [0.2, 0.25) is 11.8 Å². The van der Waals surface area contributed by atoms with E-state index in [9.17, 15) is 19.2 Å². The molecule has 9 nitrogen and oxygen atoms in total. The standard InChI is InChI=1S/C20H22N4O5/c21-12-6-20(7-14(12)29-9-20)22-8-10-2-1-3-11-16(10)19(28)24(18(11)27)13-4-5-15(25)23-17(13)26/h1-3,12-14,22H,4-9,21H2,(H,23,25,26)/t12-,13?,14-,20+/m1/s1. The molecule has 1 aliphatic carbocycles. The van der Waals surface area contributed by atoms with Crippen LogP contribution in [0.3, 0.4) is 0 Å². The number of nitrogens with one attached hydrogen (secondary N) is 2. The minimum atomic E-state index is -0.962. The highest BCUT2D eigenvalue weighted by Crippen LogP contribution is 2.39. The van der Waals surface area contributed by atoms with Crippen molar-refractivity contribution in [3.63, 3.8) is 0 Å². The van der Waals surface area contributed by atoms with Crippen molar-refractivity contribution in [3.8, 4) is 0 Å². The van der Waals surface area contributed by atoms with Gasteiger partial charge in [0.1, 0.15) is 6.04 Å². The molecule has 4 N–H and O–H groups in total. The van der Waals surface area contributed by atoms with Gasteiger partial charge in [-0.05, 0) is 30.9 Å². The fourth-order valence-electron chi connectivity index (χ4n) is 4.98. The number of amides is 4. The lowest BCUT2D eigenvalue weighted by molar-refractivity contribution is -0.136. The molecule has 4 amide bonds. The molecule has 0 aromatic heterocycles. The number of fused-ring (bicyclic) bond motifs is 3. The molecule has 4 atom stereocenters. The molecule has 3 heterocycles. The normalized spacial score (nSPS) is 33.4. The average Bonchev–Trinajstić information content (AvgIpc) is 3.32. The van der Waals surface area contributed by atoms with E-state index in [-0.39, 0.29) is 36.4 Å². The number of nitrogens with zero attached hydrogens (tertiary/aromatic N) is 1. The summed E-state index contributed by atoms with van der Waals surface area (Å²) in [6, 6.07) is 4.19. The Bertz CT molecular complexity index is 943. The Morgan fingerprint density at radius 2 is 2.03 bits per heavy atom. The van der Waals surface area contributed by atoms with E-state index in [0.717, 1.165) is 17.7 Å². The molecular formula is C20H22N4O5. The van der Waals surface area contributed by atoms with Crippen LogP contribution >= 0.6 is 0 Å². The first-order chi connectivity index (χ1) is 13.9. The average molecular weight is 398 g/mol. The first kappa shape index (κ1) is 18.4. The fraction of sp³-hybridized carbons (Fsp3) is 0.500. The maximum atomic E-state index is 13.1. The summed E-state index contributed by atoms with van der Waals surface area (Å²) < 4.78 is 5.71. The van der Waals surface area contributed by atoms with E-state index in [1.807, 2.05) is 6.07 Å². The number of hydrogen-bond acceptors (Lipinski definition) is 7. The van der Waals surface area contributed by atoms with Crippen LogP contribution in [-0.4, -0.2) is 58.9 Å². The van der Waals surface area contributed by atoms with E-state index >= 15 is 0 Å². The highest BCUT2D eigenvalue weighted by molar-refractivity contribution is 6.24. The zero-order chi connectivity index (χ0) is 20.3. The predicted molar refractivity (Wildman–Crippen MR) is 99.6 cm³/mol. The summed E-state index contributed by atoms with van der Waals surface area (Å²) in [5.41, 5.74) is 7.21. The fourth-order valence-corrected chi connectivity index (χ4v) is 4.98. The van der Waals surface area contributed by atoms with Crippen molar-refractivity contribution in [2.75, 3.05) is 6.61 Å². The van der Waals surface area contributed by atoms with Crippen LogP contribution in [0.25, 0.3) is 0 Å². The van der Waals surface area contributed by atoms with Crippen LogP contribution in [-0.2, 0) is 20.9 Å². The molecule has 1 saturated carbocycles. The summed E-state index contributed by atoms with van der Waals surface area (Å²) in [4.78, 5) is 50.7. The molecule has 1 aromatic rings. The maximum absolute atomic E-state index is 13.1. The van der Waals surface area contributed by atoms with Crippen molar-refractivity contribution >= 4 is 23.6 Å². The number of carbonyl (C=O) groups excluding carboxylic acids is 4. The Morgan fingerprint density at radius 3 is 2.72 bits per heavy atom. The smallest absolute Gasteiger partial charge is 0.262 e. The van der Waals surface area contributed by atoms with Crippen LogP contribution in [0.1, 0.15) is 52.0 Å². The van der Waals surface area contributed by atoms with Gasteiger partial charge in [-0.25, -0.2) is 0 Å². The Kier molecular flexibility index (Phi) is 4.09. The molecule has 0 radical (unpaired) electrons. The lowest BCUT2D eigenvalue weighted by Crippen LogP contribution is -2.54. The van der Waals surface area contributed by atoms with Gasteiger partial charge in [0.05, 0.1) is 23.8 Å². The number of ether oxygens (including phenoxy) is 1. The Hall–Kier alpha value is -2.62. The summed E-state index contributed by atoms with van der Waals surface area (Å²) in [6.45, 7) is 0.976. The largest absolute Gasteiger partial charge is 0.375 e. The molecule has 5 rings (SSSR count). The first-order valence-electron chi connectivity index (χ1n) is 9.84. The second-order valence-electron chi connectivity index (χ2n) is 8.34. The van der Waals surface area contributed by atoms with Gasteiger partial charge in [0, 0.05) is 24.5 Å². The predicted octanol–water partition coefficient (Wildman–Crippen LogP) is -0.564. The van der Waals surface area contributed by atoms with E-state index in [0.29, 0.717) is 29.8 Å². The monoisotopic (exact) mass is 398 g/mol. The molecule has 2 bridgehead atoms. The van der Waals surface area contributed by atoms with E-state index < -0.39 is 23.8 Å². The van der Waals surface area contributed by atoms with Crippen LogP contribution < -0.4 is 16.4 Å². The molecular weight excluding hydrogens is 376 g/mol. The van der Waals surface area contributed by atoms with Gasteiger partial charge in [0.25, 0.3) is 11.8 Å². The lowest BCUT2D eigenvalue weighted by atomic mass is 9.97. The molecule has 29 heavy (non-hydrogen) atoms. The van der Waals surface area contributed by atoms with Gasteiger partial charge in [-0.1, -0.05) is 12.1 Å². The Labute approximate surface area is 166 Å². The van der Waals surface area contributed by atoms with Crippen LogP contribution in [0, 0.1) is 0 Å². The highest BCUT2D eigenvalue weighted by atomic mass is 16.5. The minimum Gasteiger partial charge on any atom is -0.375 e. The number of benzene rings is 1. The van der Waals surface area contributed by atoms with Gasteiger partial charge in [-0.2, -0.15) is 0 Å². The molecule has 3 fully saturated rings. The van der Waals surface area contributed by atoms with Gasteiger partial charge < -0.3 is 15.8 Å². The van der Waals surface area contributed by atoms with Crippen LogP contribution in [0.2, 0.25) is 0 Å². The van der Waals surface area contributed by atoms with E-state index in [1.54, 1.807) is 12.1 Å². The second-order valence-corrected chi connectivity index (χ2v) is 8.34. The number of nitrogens with two attached hydrogens (primary N) is 1. The van der Waals surface area contributed by atoms with E-state index in [2.05, 4.69) is 10.6 Å². The quantitative estimate of drug-likeness (QED) is 0.579. The molecule has 9 heteroatoms. The zero-order valence-electron chi connectivity index (χ0n) is 15.8. The van der Waals surface area contributed by atoms with Crippen molar-refractivity contribution in [2.24, 2.45) is 5.73 Å². The third-order valence-corrected chi connectivity index (χ3v) is 6.48. The Balaban J connectivity index is 1.39. The van der Waals surface area contributed by atoms with Gasteiger partial charge in [-0.15, -0.1) is 0 Å². The van der Waals surface area contributed by atoms with Crippen molar-refractivity contribution in [1.29, 1.82) is 0 Å². The SMILES string of the molecule is N[C@@H]1C[C@@]2(NCc3cccc4c3C(=O)N(C3CCC(=O)NC3=O)C4=O)CO[C@@H]1C2. The van der Waals surface area contributed by atoms with Gasteiger partial charge in [-0.3, -0.25) is 29.4 Å². The summed E-state index contributed by atoms with van der Waals surface area (Å²) in [7, 11) is 0. The zero-order valence-corrected chi connectivity index (χ0v) is 15.8. The number of hydrogen-bond donors (Lipinski definition) is 3. The van der Waals surface area contributed by atoms with Crippen LogP contribution in [0.15, 0.2) is 18.2 Å². The first-order valence-corrected chi connectivity index (χ1v) is 9.84. The van der Waals surface area contributed by atoms with E-state index in [4.69, 9.17) is 10.5 Å². The van der Waals surface area contributed by atoms with Crippen LogP contribution in [0.5, 0.6) is 0 Å². The number of piperidine rings is 1. The molecule has 3 aliphatic heterocycles. The Morgan fingerprint density at radius 1 is 1.21 bits per heavy atom. The molecule has 4 aliphatic rings. The number of rotatable bonds is 4. The molecule has 152 valence electrons. The summed E-state index contributed by atoms with van der Waals surface area (Å²) >= 11 is 0. The summed E-state index contributed by atoms with van der Waals surface area (Å²) in [6.07, 6.45) is 1.95. The highest BCUT2D eigenvalue weighted by Gasteiger charge is 2.51. The van der Waals surface area contributed by atoms with Crippen molar-refractivity contribution in [2.45, 2.75) is 56.0 Å². The molecule has 1 aromatic carbocycles. The van der Waals surface area contributed by atoms with Crippen molar-refractivity contribution < 1.29 is 23.9 Å². The van der Waals surface area contributed by atoms with E-state index in [1.165, 1.54) is 0 Å². The third kappa shape index (κ3) is 2.80.